The predicted octanol–water partition coefficient (Wildman–Crippen LogP) is 2.47. The van der Waals surface area contributed by atoms with Crippen LogP contribution in [0.1, 0.15) is 27.9 Å². The number of benzene rings is 1. The topological polar surface area (TPSA) is 76.5 Å². The number of oxime groups is 1. The first-order valence-corrected chi connectivity index (χ1v) is 7.20. The minimum atomic E-state index is -0.253. The molecular weight excluding hydrogens is 300 g/mol. The van der Waals surface area contributed by atoms with E-state index in [1.54, 1.807) is 19.9 Å². The summed E-state index contributed by atoms with van der Waals surface area (Å²) in [6.07, 6.45) is 5.11. The van der Waals surface area contributed by atoms with Gasteiger partial charge in [0.2, 0.25) is 0 Å². The summed E-state index contributed by atoms with van der Waals surface area (Å²) in [5.74, 6) is 2.08. The Labute approximate surface area is 132 Å². The zero-order valence-corrected chi connectivity index (χ0v) is 13.0. The SMILES string of the molecule is C#CCO/N=C(\C)c1ccccc1NC(=O)c1snnc1C. The molecule has 6 nitrogen and oxygen atoms in total. The number of hydrogen-bond acceptors (Lipinski definition) is 6. The molecule has 1 aromatic carbocycles. The van der Waals surface area contributed by atoms with Crippen LogP contribution in [0, 0.1) is 19.3 Å². The quantitative estimate of drug-likeness (QED) is 0.398. The monoisotopic (exact) mass is 314 g/mol. The van der Waals surface area contributed by atoms with Gasteiger partial charge in [-0.25, -0.2) is 0 Å². The molecule has 0 aliphatic carbocycles. The van der Waals surface area contributed by atoms with Crippen molar-refractivity contribution < 1.29 is 9.63 Å². The van der Waals surface area contributed by atoms with Gasteiger partial charge in [-0.3, -0.25) is 4.79 Å². The van der Waals surface area contributed by atoms with Gasteiger partial charge in [0.1, 0.15) is 4.88 Å². The second kappa shape index (κ2) is 7.33. The number of anilines is 1. The van der Waals surface area contributed by atoms with Crippen LogP contribution in [0.15, 0.2) is 29.4 Å². The summed E-state index contributed by atoms with van der Waals surface area (Å²) in [5, 5.41) is 10.6. The van der Waals surface area contributed by atoms with Gasteiger partial charge in [0.05, 0.1) is 17.1 Å². The number of nitrogens with zero attached hydrogens (tertiary/aromatic N) is 3. The van der Waals surface area contributed by atoms with Gasteiger partial charge in [0.15, 0.2) is 6.61 Å². The van der Waals surface area contributed by atoms with Crippen molar-refractivity contribution in [3.05, 3.63) is 40.4 Å². The molecule has 0 spiro atoms. The van der Waals surface area contributed by atoms with E-state index < -0.39 is 0 Å². The lowest BCUT2D eigenvalue weighted by atomic mass is 10.1. The number of hydrogen-bond donors (Lipinski definition) is 1. The van der Waals surface area contributed by atoms with Crippen LogP contribution in [0.5, 0.6) is 0 Å². The molecule has 0 saturated heterocycles. The maximum Gasteiger partial charge on any atom is 0.269 e. The maximum absolute atomic E-state index is 12.3. The zero-order valence-electron chi connectivity index (χ0n) is 12.2. The van der Waals surface area contributed by atoms with Gasteiger partial charge >= 0.3 is 0 Å². The summed E-state index contributed by atoms with van der Waals surface area (Å²) in [6, 6.07) is 7.31. The molecule has 1 N–H and O–H groups in total. The normalized spacial score (nSPS) is 10.9. The average Bonchev–Trinajstić information content (AvgIpc) is 2.94. The molecule has 0 unspecified atom stereocenters. The third-order valence-electron chi connectivity index (χ3n) is 2.77. The smallest absolute Gasteiger partial charge is 0.269 e. The summed E-state index contributed by atoms with van der Waals surface area (Å²) in [4.78, 5) is 17.7. The Kier molecular flexibility index (Phi) is 5.22. The molecule has 0 radical (unpaired) electrons. The molecule has 0 aliphatic heterocycles. The maximum atomic E-state index is 12.3. The molecule has 2 aromatic rings. The summed E-state index contributed by atoms with van der Waals surface area (Å²) in [6.45, 7) is 3.61. The molecule has 0 aliphatic rings. The van der Waals surface area contributed by atoms with E-state index >= 15 is 0 Å². The first-order chi connectivity index (χ1) is 10.6. The predicted molar refractivity (Wildman–Crippen MR) is 86.0 cm³/mol. The first kappa shape index (κ1) is 15.7. The fraction of sp³-hybridized carbons (Fsp3) is 0.200. The average molecular weight is 314 g/mol. The Hall–Kier alpha value is -2.72. The molecule has 0 fully saturated rings. The lowest BCUT2D eigenvalue weighted by Crippen LogP contribution is -2.14. The van der Waals surface area contributed by atoms with Gasteiger partial charge in [0, 0.05) is 5.56 Å². The number of terminal acetylenes is 1. The van der Waals surface area contributed by atoms with Gasteiger partial charge in [-0.1, -0.05) is 33.8 Å². The lowest BCUT2D eigenvalue weighted by molar-refractivity contribution is 0.103. The Balaban J connectivity index is 2.22. The van der Waals surface area contributed by atoms with Gasteiger partial charge in [0.25, 0.3) is 5.91 Å². The van der Waals surface area contributed by atoms with Gasteiger partial charge in [-0.05, 0) is 31.4 Å². The van der Waals surface area contributed by atoms with E-state index in [-0.39, 0.29) is 12.5 Å². The van der Waals surface area contributed by atoms with E-state index in [9.17, 15) is 4.79 Å². The number of para-hydroxylation sites is 1. The van der Waals surface area contributed by atoms with Crippen molar-refractivity contribution in [1.29, 1.82) is 0 Å². The molecule has 1 amide bonds. The highest BCUT2D eigenvalue weighted by atomic mass is 32.1. The third-order valence-corrected chi connectivity index (χ3v) is 3.60. The van der Waals surface area contributed by atoms with Crippen molar-refractivity contribution in [1.82, 2.24) is 9.59 Å². The highest BCUT2D eigenvalue weighted by molar-refractivity contribution is 7.08. The standard InChI is InChI=1S/C15H14N4O2S/c1-4-9-21-18-10(2)12-7-5-6-8-13(12)16-15(20)14-11(3)17-19-22-14/h1,5-8H,9H2,2-3H3,(H,16,20)/b18-10+. The number of carbonyl (C=O) groups excluding carboxylic acids is 1. The molecule has 0 saturated carbocycles. The number of carbonyl (C=O) groups is 1. The fourth-order valence-electron chi connectivity index (χ4n) is 1.74. The number of aryl methyl sites for hydroxylation is 1. The van der Waals surface area contributed by atoms with E-state index in [2.05, 4.69) is 26.0 Å². The molecule has 0 bridgehead atoms. The molecule has 112 valence electrons. The van der Waals surface area contributed by atoms with Crippen LogP contribution >= 0.6 is 11.5 Å². The van der Waals surface area contributed by atoms with Crippen molar-refractivity contribution in [2.24, 2.45) is 5.16 Å². The second-order valence-corrected chi connectivity index (χ2v) is 5.10. The minimum Gasteiger partial charge on any atom is -0.382 e. The van der Waals surface area contributed by atoms with Crippen molar-refractivity contribution in [3.8, 4) is 12.3 Å². The van der Waals surface area contributed by atoms with Crippen LogP contribution in [0.4, 0.5) is 5.69 Å². The summed E-state index contributed by atoms with van der Waals surface area (Å²) >= 11 is 1.06. The van der Waals surface area contributed by atoms with Gasteiger partial charge in [-0.15, -0.1) is 11.5 Å². The van der Waals surface area contributed by atoms with Crippen molar-refractivity contribution in [2.75, 3.05) is 11.9 Å². The fourth-order valence-corrected chi connectivity index (χ4v) is 2.29. The zero-order chi connectivity index (χ0) is 15.9. The highest BCUT2D eigenvalue weighted by Crippen LogP contribution is 2.19. The summed E-state index contributed by atoms with van der Waals surface area (Å²) < 4.78 is 3.76. The number of aromatic nitrogens is 2. The van der Waals surface area contributed by atoms with E-state index in [0.717, 1.165) is 17.1 Å². The van der Waals surface area contributed by atoms with E-state index in [4.69, 9.17) is 11.3 Å². The van der Waals surface area contributed by atoms with Crippen molar-refractivity contribution >= 4 is 28.8 Å². The van der Waals surface area contributed by atoms with E-state index in [0.29, 0.717) is 22.0 Å². The number of rotatable bonds is 5. The Morgan fingerprint density at radius 1 is 1.50 bits per heavy atom. The Morgan fingerprint density at radius 3 is 2.95 bits per heavy atom. The van der Waals surface area contributed by atoms with Crippen molar-refractivity contribution in [2.45, 2.75) is 13.8 Å². The third kappa shape index (κ3) is 3.68. The minimum absolute atomic E-state index is 0.0948. The summed E-state index contributed by atoms with van der Waals surface area (Å²) in [5.41, 5.74) is 2.60. The highest BCUT2D eigenvalue weighted by Gasteiger charge is 2.15. The summed E-state index contributed by atoms with van der Waals surface area (Å²) in [7, 11) is 0. The lowest BCUT2D eigenvalue weighted by Gasteiger charge is -2.10. The van der Waals surface area contributed by atoms with Crippen LogP contribution in [-0.4, -0.2) is 27.8 Å². The molecule has 1 heterocycles. The number of amides is 1. The molecule has 2 rings (SSSR count). The van der Waals surface area contributed by atoms with Crippen LogP contribution < -0.4 is 5.32 Å². The first-order valence-electron chi connectivity index (χ1n) is 6.43. The largest absolute Gasteiger partial charge is 0.382 e. The van der Waals surface area contributed by atoms with Crippen LogP contribution in [-0.2, 0) is 4.84 Å². The second-order valence-electron chi connectivity index (χ2n) is 4.34. The van der Waals surface area contributed by atoms with Crippen LogP contribution in [0.2, 0.25) is 0 Å². The van der Waals surface area contributed by atoms with E-state index in [1.807, 2.05) is 18.2 Å². The van der Waals surface area contributed by atoms with Crippen LogP contribution in [0.25, 0.3) is 0 Å². The number of nitrogens with one attached hydrogen (secondary N) is 1. The molecule has 1 aromatic heterocycles. The van der Waals surface area contributed by atoms with Gasteiger partial charge < -0.3 is 10.2 Å². The van der Waals surface area contributed by atoms with Crippen LogP contribution in [0.3, 0.4) is 0 Å². The van der Waals surface area contributed by atoms with Gasteiger partial charge in [-0.2, -0.15) is 0 Å². The Bertz CT molecular complexity index is 746. The molecule has 22 heavy (non-hydrogen) atoms. The molecule has 0 atom stereocenters. The molecular formula is C15H14N4O2S. The molecule has 7 heteroatoms. The Morgan fingerprint density at radius 2 is 2.27 bits per heavy atom. The van der Waals surface area contributed by atoms with E-state index in [1.165, 1.54) is 0 Å². The van der Waals surface area contributed by atoms with Crippen molar-refractivity contribution in [3.63, 3.8) is 0 Å².